The molecular formula is C20H47N3. The van der Waals surface area contributed by atoms with Crippen LogP contribution in [0.5, 0.6) is 0 Å². The highest BCUT2D eigenvalue weighted by molar-refractivity contribution is 4.49. The first-order valence-corrected chi connectivity index (χ1v) is 10.5. The van der Waals surface area contributed by atoms with Crippen molar-refractivity contribution in [2.24, 2.45) is 11.6 Å². The van der Waals surface area contributed by atoms with Crippen LogP contribution in [-0.4, -0.2) is 13.1 Å². The Morgan fingerprint density at radius 2 is 0.783 bits per heavy atom. The molecular weight excluding hydrogens is 282 g/mol. The topological polar surface area (TPSA) is 64.1 Å². The monoisotopic (exact) mass is 329 g/mol. The average Bonchev–Trinajstić information content (AvgIpc) is 2.58. The minimum atomic E-state index is 0.847. The number of nitrogens with one attached hydrogen (secondary N) is 1. The summed E-state index contributed by atoms with van der Waals surface area (Å²) in [5, 5.41) is 0. The molecule has 0 saturated carbocycles. The van der Waals surface area contributed by atoms with Crippen LogP contribution in [0.2, 0.25) is 0 Å². The molecule has 0 saturated heterocycles. The summed E-state index contributed by atoms with van der Waals surface area (Å²) in [5.41, 5.74) is 7.91. The van der Waals surface area contributed by atoms with E-state index in [1.807, 2.05) is 6.92 Å². The number of nitrogens with two attached hydrogens (primary N) is 2. The molecule has 0 spiro atoms. The maximum absolute atomic E-state index is 5.48. The minimum absolute atomic E-state index is 0.847. The van der Waals surface area contributed by atoms with Gasteiger partial charge < -0.3 is 5.73 Å². The fourth-order valence-electron chi connectivity index (χ4n) is 2.69. The van der Waals surface area contributed by atoms with Crippen molar-refractivity contribution in [3.05, 3.63) is 0 Å². The fourth-order valence-corrected chi connectivity index (χ4v) is 2.69. The van der Waals surface area contributed by atoms with Crippen LogP contribution in [0.4, 0.5) is 0 Å². The largest absolute Gasteiger partial charge is 0.330 e. The van der Waals surface area contributed by atoms with Crippen molar-refractivity contribution < 1.29 is 0 Å². The van der Waals surface area contributed by atoms with Gasteiger partial charge in [0.2, 0.25) is 0 Å². The van der Waals surface area contributed by atoms with Crippen LogP contribution in [-0.2, 0) is 0 Å². The molecule has 0 atom stereocenters. The van der Waals surface area contributed by atoms with E-state index in [4.69, 9.17) is 11.6 Å². The molecule has 0 aliphatic carbocycles. The molecule has 0 heterocycles. The van der Waals surface area contributed by atoms with Gasteiger partial charge in [0.25, 0.3) is 0 Å². The van der Waals surface area contributed by atoms with Crippen molar-refractivity contribution in [3.63, 3.8) is 0 Å². The number of unbranched alkanes of at least 4 members (excludes halogenated alkanes) is 15. The van der Waals surface area contributed by atoms with Gasteiger partial charge in [-0.2, -0.15) is 0 Å². The summed E-state index contributed by atoms with van der Waals surface area (Å²) in [6.07, 6.45) is 22.9. The molecule has 3 heteroatoms. The van der Waals surface area contributed by atoms with Gasteiger partial charge in [-0.1, -0.05) is 110 Å². The van der Waals surface area contributed by atoms with Crippen LogP contribution in [0.1, 0.15) is 117 Å². The Bertz CT molecular complexity index is 156. The van der Waals surface area contributed by atoms with Gasteiger partial charge in [0, 0.05) is 6.54 Å². The van der Waals surface area contributed by atoms with Gasteiger partial charge in [-0.3, -0.25) is 11.3 Å². The van der Waals surface area contributed by atoms with Crippen molar-refractivity contribution in [1.82, 2.24) is 5.43 Å². The van der Waals surface area contributed by atoms with E-state index in [1.165, 1.54) is 103 Å². The fraction of sp³-hybridized carbons (Fsp3) is 1.00. The van der Waals surface area contributed by atoms with E-state index in [0.717, 1.165) is 13.1 Å². The summed E-state index contributed by atoms with van der Waals surface area (Å²) in [6.45, 7) is 5.96. The quantitative estimate of drug-likeness (QED) is 0.183. The molecule has 0 aromatic rings. The predicted molar refractivity (Wildman–Crippen MR) is 106 cm³/mol. The highest BCUT2D eigenvalue weighted by Gasteiger charge is 1.94. The first-order valence-electron chi connectivity index (χ1n) is 10.5. The number of rotatable bonds is 17. The number of hydrogen-bond donors (Lipinski definition) is 3. The van der Waals surface area contributed by atoms with E-state index in [1.54, 1.807) is 0 Å². The summed E-state index contributed by atoms with van der Waals surface area (Å²) in [4.78, 5) is 0. The Kier molecular flexibility index (Phi) is 29.2. The molecule has 5 N–H and O–H groups in total. The molecule has 0 aliphatic heterocycles. The van der Waals surface area contributed by atoms with Crippen LogP contribution in [0, 0.1) is 0 Å². The Hall–Kier alpha value is -0.120. The molecule has 0 aromatic carbocycles. The predicted octanol–water partition coefficient (Wildman–Crippen LogP) is 5.68. The minimum Gasteiger partial charge on any atom is -0.330 e. The summed E-state index contributed by atoms with van der Waals surface area (Å²) in [5.74, 6) is 4.78. The molecule has 0 radical (unpaired) electrons. The van der Waals surface area contributed by atoms with E-state index in [-0.39, 0.29) is 0 Å². The molecule has 0 unspecified atom stereocenters. The van der Waals surface area contributed by atoms with E-state index >= 15 is 0 Å². The maximum Gasteiger partial charge on any atom is 0.00689 e. The zero-order valence-electron chi connectivity index (χ0n) is 16.4. The standard InChI is InChI=1S/C18H39N.C2H8N2/c1-2-3-4-5-6-7-8-9-10-11-12-13-14-15-16-17-18-19;1-2-4-3/h2-19H2,1H3;4H,2-3H2,1H3. The Labute approximate surface area is 147 Å². The highest BCUT2D eigenvalue weighted by Crippen LogP contribution is 2.13. The van der Waals surface area contributed by atoms with Gasteiger partial charge in [0.1, 0.15) is 0 Å². The van der Waals surface area contributed by atoms with Crippen molar-refractivity contribution in [2.45, 2.75) is 117 Å². The number of hydrogen-bond acceptors (Lipinski definition) is 3. The SMILES string of the molecule is CCCCCCCCCCCCCCCCCCN.CCNN. The summed E-state index contributed by atoms with van der Waals surface area (Å²) < 4.78 is 0. The number of hydrazine groups is 1. The van der Waals surface area contributed by atoms with Crippen LogP contribution in [0.15, 0.2) is 0 Å². The van der Waals surface area contributed by atoms with Crippen LogP contribution in [0.25, 0.3) is 0 Å². The lowest BCUT2D eigenvalue weighted by atomic mass is 10.0. The summed E-state index contributed by atoms with van der Waals surface area (Å²) >= 11 is 0. The van der Waals surface area contributed by atoms with Gasteiger partial charge in [0.15, 0.2) is 0 Å². The highest BCUT2D eigenvalue weighted by atomic mass is 15.2. The summed E-state index contributed by atoms with van der Waals surface area (Å²) in [7, 11) is 0. The molecule has 0 aliphatic rings. The van der Waals surface area contributed by atoms with Crippen molar-refractivity contribution >= 4 is 0 Å². The van der Waals surface area contributed by atoms with E-state index in [9.17, 15) is 0 Å². The first-order chi connectivity index (χ1) is 11.3. The van der Waals surface area contributed by atoms with Gasteiger partial charge >= 0.3 is 0 Å². The van der Waals surface area contributed by atoms with Gasteiger partial charge in [-0.15, -0.1) is 0 Å². The molecule has 0 fully saturated rings. The Morgan fingerprint density at radius 1 is 0.522 bits per heavy atom. The van der Waals surface area contributed by atoms with E-state index in [2.05, 4.69) is 12.3 Å². The average molecular weight is 330 g/mol. The van der Waals surface area contributed by atoms with Crippen molar-refractivity contribution in [1.29, 1.82) is 0 Å². The van der Waals surface area contributed by atoms with Crippen LogP contribution >= 0.6 is 0 Å². The molecule has 3 nitrogen and oxygen atoms in total. The molecule has 0 bridgehead atoms. The van der Waals surface area contributed by atoms with Gasteiger partial charge in [-0.05, 0) is 13.0 Å². The molecule has 23 heavy (non-hydrogen) atoms. The van der Waals surface area contributed by atoms with Crippen LogP contribution in [0.3, 0.4) is 0 Å². The van der Waals surface area contributed by atoms with E-state index < -0.39 is 0 Å². The zero-order chi connectivity index (χ0) is 17.4. The Balaban J connectivity index is 0. The van der Waals surface area contributed by atoms with Crippen molar-refractivity contribution in [2.75, 3.05) is 13.1 Å². The van der Waals surface area contributed by atoms with Crippen molar-refractivity contribution in [3.8, 4) is 0 Å². The maximum atomic E-state index is 5.48. The second-order valence-corrected chi connectivity index (χ2v) is 6.65. The lowest BCUT2D eigenvalue weighted by molar-refractivity contribution is 0.530. The Morgan fingerprint density at radius 3 is 1.00 bits per heavy atom. The third-order valence-electron chi connectivity index (χ3n) is 4.26. The third-order valence-corrected chi connectivity index (χ3v) is 4.26. The second-order valence-electron chi connectivity index (χ2n) is 6.65. The lowest BCUT2D eigenvalue weighted by Gasteiger charge is -2.03. The third kappa shape index (κ3) is 30.3. The van der Waals surface area contributed by atoms with E-state index in [0.29, 0.717) is 0 Å². The van der Waals surface area contributed by atoms with Gasteiger partial charge in [-0.25, -0.2) is 0 Å². The lowest BCUT2D eigenvalue weighted by Crippen LogP contribution is -2.20. The second kappa shape index (κ2) is 26.8. The first kappa shape index (κ1) is 25.1. The van der Waals surface area contributed by atoms with Gasteiger partial charge in [0.05, 0.1) is 0 Å². The smallest absolute Gasteiger partial charge is 0.00689 e. The molecule has 0 amide bonds. The van der Waals surface area contributed by atoms with Crippen LogP contribution < -0.4 is 17.0 Å². The molecule has 0 rings (SSSR count). The normalized spacial score (nSPS) is 10.4. The summed E-state index contributed by atoms with van der Waals surface area (Å²) in [6, 6.07) is 0. The molecule has 0 aromatic heterocycles. The zero-order valence-corrected chi connectivity index (χ0v) is 16.4. The molecule has 142 valence electrons.